The van der Waals surface area contributed by atoms with Crippen molar-refractivity contribution in [2.75, 3.05) is 0 Å². The zero-order chi connectivity index (χ0) is 22.2. The van der Waals surface area contributed by atoms with E-state index in [9.17, 15) is 4.79 Å². The molecule has 1 aliphatic rings. The predicted octanol–water partition coefficient (Wildman–Crippen LogP) is 5.27. The molecule has 0 amide bonds. The highest BCUT2D eigenvalue weighted by Gasteiger charge is 2.32. The Bertz CT molecular complexity index is 1350. The summed E-state index contributed by atoms with van der Waals surface area (Å²) >= 11 is 3.42. The number of rotatable bonds is 4. The first kappa shape index (κ1) is 20.7. The monoisotopic (exact) mass is 490 g/mol. The van der Waals surface area contributed by atoms with Crippen LogP contribution in [0.4, 0.5) is 0 Å². The number of oxime groups is 1. The molecule has 0 radical (unpaired) electrons. The van der Waals surface area contributed by atoms with Gasteiger partial charge in [-0.25, -0.2) is 9.78 Å². The topological polar surface area (TPSA) is 61.4 Å². The molecule has 0 saturated carbocycles. The van der Waals surface area contributed by atoms with Crippen LogP contribution in [0, 0.1) is 12.8 Å². The molecule has 2 aromatic heterocycles. The van der Waals surface area contributed by atoms with E-state index in [-0.39, 0.29) is 5.92 Å². The second-order valence-electron chi connectivity index (χ2n) is 8.10. The number of hydrogen-bond acceptors (Lipinski definition) is 4. The minimum Gasteiger partial charge on any atom is -0.347 e. The third-order valence-electron chi connectivity index (χ3n) is 6.26. The van der Waals surface area contributed by atoms with Gasteiger partial charge in [0, 0.05) is 58.5 Å². The van der Waals surface area contributed by atoms with Crippen LogP contribution in [0.2, 0.25) is 0 Å². The quantitative estimate of drug-likeness (QED) is 0.289. The molecule has 162 valence electrons. The summed E-state index contributed by atoms with van der Waals surface area (Å²) in [6, 6.07) is 15.5. The van der Waals surface area contributed by atoms with Crippen LogP contribution in [0.15, 0.2) is 70.6 Å². The molecule has 1 unspecified atom stereocenters. The first-order valence-electron chi connectivity index (χ1n) is 10.6. The number of benzene rings is 2. The fraction of sp³-hybridized carbons (Fsp3) is 0.240. The number of hydrogen-bond donors (Lipinski definition) is 0. The van der Waals surface area contributed by atoms with Gasteiger partial charge in [-0.05, 0) is 53.9 Å². The molecule has 0 N–H and O–H groups in total. The van der Waals surface area contributed by atoms with Crippen LogP contribution in [0.5, 0.6) is 0 Å². The lowest BCUT2D eigenvalue weighted by Gasteiger charge is -2.25. The summed E-state index contributed by atoms with van der Waals surface area (Å²) in [6.07, 6.45) is 5.65. The van der Waals surface area contributed by atoms with Crippen molar-refractivity contribution in [3.63, 3.8) is 0 Å². The second-order valence-corrected chi connectivity index (χ2v) is 8.95. The van der Waals surface area contributed by atoms with Gasteiger partial charge >= 0.3 is 5.97 Å². The number of halogens is 1. The SMILES string of the molecule is Cc1nccn1CC1CCc2c(c3ccccc3n2C)/C1=N/OC(=O)c1ccccc1Br. The zero-order valence-electron chi connectivity index (χ0n) is 18.0. The Balaban J connectivity index is 1.58. The number of imidazole rings is 1. The normalized spacial score (nSPS) is 17.0. The molecule has 0 saturated heterocycles. The molecule has 4 aromatic rings. The fourth-order valence-electron chi connectivity index (χ4n) is 4.57. The first-order chi connectivity index (χ1) is 15.5. The molecule has 0 fully saturated rings. The Hall–Kier alpha value is -3.19. The van der Waals surface area contributed by atoms with Gasteiger partial charge in [0.1, 0.15) is 5.82 Å². The van der Waals surface area contributed by atoms with E-state index in [1.54, 1.807) is 6.07 Å². The van der Waals surface area contributed by atoms with Gasteiger partial charge in [0.2, 0.25) is 0 Å². The third-order valence-corrected chi connectivity index (χ3v) is 6.95. The average molecular weight is 491 g/mol. The Morgan fingerprint density at radius 3 is 2.78 bits per heavy atom. The van der Waals surface area contributed by atoms with E-state index < -0.39 is 5.97 Å². The van der Waals surface area contributed by atoms with Crippen molar-refractivity contribution in [3.8, 4) is 0 Å². The molecule has 7 heteroatoms. The van der Waals surface area contributed by atoms with Crippen LogP contribution < -0.4 is 0 Å². The van der Waals surface area contributed by atoms with Crippen molar-refractivity contribution in [2.45, 2.75) is 26.3 Å². The first-order valence-corrected chi connectivity index (χ1v) is 11.4. The maximum Gasteiger partial charge on any atom is 0.366 e. The summed E-state index contributed by atoms with van der Waals surface area (Å²) < 4.78 is 5.05. The average Bonchev–Trinajstić information content (AvgIpc) is 3.34. The van der Waals surface area contributed by atoms with Gasteiger partial charge in [0.25, 0.3) is 0 Å². The highest BCUT2D eigenvalue weighted by Crippen LogP contribution is 2.35. The summed E-state index contributed by atoms with van der Waals surface area (Å²) in [5.74, 6) is 0.585. The van der Waals surface area contributed by atoms with Crippen LogP contribution >= 0.6 is 15.9 Å². The number of carbonyl (C=O) groups excluding carboxylic acids is 1. The molecule has 1 aliphatic carbocycles. The molecule has 32 heavy (non-hydrogen) atoms. The van der Waals surface area contributed by atoms with Crippen LogP contribution in [-0.4, -0.2) is 25.8 Å². The molecule has 6 nitrogen and oxygen atoms in total. The largest absolute Gasteiger partial charge is 0.366 e. The summed E-state index contributed by atoms with van der Waals surface area (Å²) in [5.41, 5.74) is 4.73. The van der Waals surface area contributed by atoms with E-state index in [4.69, 9.17) is 4.84 Å². The second kappa shape index (κ2) is 8.39. The van der Waals surface area contributed by atoms with E-state index in [1.165, 1.54) is 5.69 Å². The number of nitrogens with zero attached hydrogens (tertiary/aromatic N) is 4. The third kappa shape index (κ3) is 3.56. The summed E-state index contributed by atoms with van der Waals surface area (Å²) in [4.78, 5) is 22.7. The Morgan fingerprint density at radius 2 is 2.00 bits per heavy atom. The number of para-hydroxylation sites is 1. The predicted molar refractivity (Wildman–Crippen MR) is 128 cm³/mol. The molecular formula is C25H23BrN4O2. The lowest BCUT2D eigenvalue weighted by molar-refractivity contribution is 0.0512. The number of aryl methyl sites for hydroxylation is 2. The smallest absolute Gasteiger partial charge is 0.347 e. The van der Waals surface area contributed by atoms with Gasteiger partial charge in [-0.2, -0.15) is 0 Å². The molecule has 2 aromatic carbocycles. The van der Waals surface area contributed by atoms with E-state index >= 15 is 0 Å². The van der Waals surface area contributed by atoms with Gasteiger partial charge in [0.15, 0.2) is 0 Å². The van der Waals surface area contributed by atoms with Gasteiger partial charge in [-0.3, -0.25) is 0 Å². The Labute approximate surface area is 194 Å². The standard InChI is InChI=1S/C25H23BrN4O2/c1-16-27-13-14-30(16)15-17-11-12-22-23(19-8-4-6-10-21(19)29(22)2)24(17)28-32-25(31)18-7-3-5-9-20(18)26/h3-10,13-14,17H,11-12,15H2,1-2H3/b28-24+. The van der Waals surface area contributed by atoms with Crippen LogP contribution in [0.25, 0.3) is 10.9 Å². The van der Waals surface area contributed by atoms with Crippen molar-refractivity contribution in [1.29, 1.82) is 0 Å². The highest BCUT2D eigenvalue weighted by atomic mass is 79.9. The molecule has 5 rings (SSSR count). The summed E-state index contributed by atoms with van der Waals surface area (Å²) in [5, 5.41) is 5.63. The molecule has 1 atom stereocenters. The van der Waals surface area contributed by atoms with Gasteiger partial charge in [-0.15, -0.1) is 0 Å². The van der Waals surface area contributed by atoms with Crippen molar-refractivity contribution < 1.29 is 9.63 Å². The summed E-state index contributed by atoms with van der Waals surface area (Å²) in [7, 11) is 2.09. The minimum absolute atomic E-state index is 0.105. The molecule has 2 heterocycles. The molecule has 0 bridgehead atoms. The maximum absolute atomic E-state index is 12.8. The van der Waals surface area contributed by atoms with Gasteiger partial charge in [0.05, 0.1) is 11.3 Å². The van der Waals surface area contributed by atoms with Crippen molar-refractivity contribution >= 4 is 38.5 Å². The van der Waals surface area contributed by atoms with Crippen LogP contribution in [0.1, 0.15) is 33.9 Å². The zero-order valence-corrected chi connectivity index (χ0v) is 19.5. The lowest BCUT2D eigenvalue weighted by atomic mass is 9.84. The number of aromatic nitrogens is 3. The number of fused-ring (bicyclic) bond motifs is 3. The van der Waals surface area contributed by atoms with E-state index in [0.717, 1.165) is 47.4 Å². The Morgan fingerprint density at radius 1 is 1.22 bits per heavy atom. The maximum atomic E-state index is 12.8. The summed E-state index contributed by atoms with van der Waals surface area (Å²) in [6.45, 7) is 2.73. The lowest BCUT2D eigenvalue weighted by Crippen LogP contribution is -2.28. The molecular weight excluding hydrogens is 468 g/mol. The van der Waals surface area contributed by atoms with E-state index in [2.05, 4.69) is 54.4 Å². The van der Waals surface area contributed by atoms with Crippen molar-refractivity contribution in [2.24, 2.45) is 18.1 Å². The molecule has 0 spiro atoms. The van der Waals surface area contributed by atoms with Crippen LogP contribution in [-0.2, 0) is 24.9 Å². The van der Waals surface area contributed by atoms with Crippen molar-refractivity contribution in [1.82, 2.24) is 14.1 Å². The molecule has 0 aliphatic heterocycles. The number of carbonyl (C=O) groups is 1. The van der Waals surface area contributed by atoms with E-state index in [0.29, 0.717) is 10.0 Å². The van der Waals surface area contributed by atoms with Gasteiger partial charge < -0.3 is 14.0 Å². The Kier molecular flexibility index (Phi) is 5.43. The van der Waals surface area contributed by atoms with Crippen molar-refractivity contribution in [3.05, 3.63) is 88.0 Å². The van der Waals surface area contributed by atoms with E-state index in [1.807, 2.05) is 49.6 Å². The fourth-order valence-corrected chi connectivity index (χ4v) is 5.02. The van der Waals surface area contributed by atoms with Crippen LogP contribution in [0.3, 0.4) is 0 Å². The highest BCUT2D eigenvalue weighted by molar-refractivity contribution is 9.10. The minimum atomic E-state index is -0.477. The van der Waals surface area contributed by atoms with Gasteiger partial charge in [-0.1, -0.05) is 35.5 Å².